The summed E-state index contributed by atoms with van der Waals surface area (Å²) < 4.78 is 0. The number of nitrogens with zero attached hydrogens (tertiary/aromatic N) is 2. The second kappa shape index (κ2) is 7.67. The lowest BCUT2D eigenvalue weighted by atomic mass is 9.98. The first-order valence-electron chi connectivity index (χ1n) is 9.94. The number of aryl methyl sites for hydroxylation is 2. The molecule has 2 aliphatic rings. The van der Waals surface area contributed by atoms with Gasteiger partial charge in [0.25, 0.3) is 11.8 Å². The maximum atomic E-state index is 13.2. The summed E-state index contributed by atoms with van der Waals surface area (Å²) in [5.41, 5.74) is 3.64. The predicted octanol–water partition coefficient (Wildman–Crippen LogP) is 2.82. The van der Waals surface area contributed by atoms with E-state index in [0.717, 1.165) is 28.1 Å². The molecule has 2 N–H and O–H groups in total. The normalized spacial score (nSPS) is 20.6. The Morgan fingerprint density at radius 2 is 1.80 bits per heavy atom. The summed E-state index contributed by atoms with van der Waals surface area (Å²) in [6, 6.07) is 12.9. The molecular formula is C23H24N4O3. The van der Waals surface area contributed by atoms with Gasteiger partial charge in [0.1, 0.15) is 6.04 Å². The third-order valence-electron chi connectivity index (χ3n) is 5.59. The number of imide groups is 1. The van der Waals surface area contributed by atoms with Gasteiger partial charge in [0.05, 0.1) is 17.3 Å². The van der Waals surface area contributed by atoms with Gasteiger partial charge in [-0.3, -0.25) is 9.59 Å². The number of hydrogen-bond donors (Lipinski definition) is 2. The molecule has 4 amide bonds. The fourth-order valence-corrected chi connectivity index (χ4v) is 3.97. The Balaban J connectivity index is 1.58. The van der Waals surface area contributed by atoms with E-state index in [9.17, 15) is 14.4 Å². The first-order valence-corrected chi connectivity index (χ1v) is 9.94. The minimum Gasteiger partial charge on any atom is -0.366 e. The van der Waals surface area contributed by atoms with Crippen molar-refractivity contribution in [3.63, 3.8) is 0 Å². The van der Waals surface area contributed by atoms with Crippen LogP contribution < -0.4 is 15.5 Å². The summed E-state index contributed by atoms with van der Waals surface area (Å²) in [5.74, 6) is -0.685. The third kappa shape index (κ3) is 3.32. The van der Waals surface area contributed by atoms with E-state index in [-0.39, 0.29) is 11.8 Å². The van der Waals surface area contributed by atoms with Gasteiger partial charge in [0, 0.05) is 18.9 Å². The number of urea groups is 1. The first-order chi connectivity index (χ1) is 14.4. The lowest BCUT2D eigenvalue weighted by Gasteiger charge is -2.37. The van der Waals surface area contributed by atoms with Crippen molar-refractivity contribution in [1.82, 2.24) is 10.2 Å². The highest BCUT2D eigenvalue weighted by atomic mass is 16.2. The quantitative estimate of drug-likeness (QED) is 0.821. The zero-order valence-electron chi connectivity index (χ0n) is 17.2. The van der Waals surface area contributed by atoms with Crippen LogP contribution >= 0.6 is 0 Å². The zero-order chi connectivity index (χ0) is 21.4. The molecule has 7 nitrogen and oxygen atoms in total. The third-order valence-corrected chi connectivity index (χ3v) is 5.59. The molecule has 4 rings (SSSR count). The highest BCUT2D eigenvalue weighted by molar-refractivity contribution is 6.20. The number of likely N-dealkylation sites (N-methyl/N-ethyl adjacent to an activating group) is 1. The minimum atomic E-state index is -0.703. The molecule has 0 spiro atoms. The molecule has 2 aromatic carbocycles. The topological polar surface area (TPSA) is 81.8 Å². The Morgan fingerprint density at radius 1 is 1.10 bits per heavy atom. The van der Waals surface area contributed by atoms with Crippen molar-refractivity contribution in [2.24, 2.45) is 0 Å². The van der Waals surface area contributed by atoms with Crippen LogP contribution in [-0.4, -0.2) is 41.9 Å². The van der Waals surface area contributed by atoms with Crippen LogP contribution in [0.2, 0.25) is 0 Å². The Morgan fingerprint density at radius 3 is 2.50 bits per heavy atom. The van der Waals surface area contributed by atoms with Gasteiger partial charge in [0.15, 0.2) is 0 Å². The van der Waals surface area contributed by atoms with E-state index >= 15 is 0 Å². The Hall–Kier alpha value is -3.61. The number of nitrogens with one attached hydrogen (secondary N) is 2. The van der Waals surface area contributed by atoms with Gasteiger partial charge < -0.3 is 15.5 Å². The number of anilines is 2. The second-order valence-corrected chi connectivity index (χ2v) is 7.60. The van der Waals surface area contributed by atoms with Gasteiger partial charge in [-0.1, -0.05) is 42.8 Å². The number of carbonyl (C=O) groups is 3. The predicted molar refractivity (Wildman–Crippen MR) is 115 cm³/mol. The van der Waals surface area contributed by atoms with E-state index in [1.807, 2.05) is 50.2 Å². The molecule has 30 heavy (non-hydrogen) atoms. The van der Waals surface area contributed by atoms with Gasteiger partial charge in [-0.25, -0.2) is 9.69 Å². The van der Waals surface area contributed by atoms with E-state index in [0.29, 0.717) is 11.3 Å². The van der Waals surface area contributed by atoms with E-state index in [1.165, 1.54) is 0 Å². The first kappa shape index (κ1) is 19.7. The molecule has 0 aromatic heterocycles. The summed E-state index contributed by atoms with van der Waals surface area (Å²) in [6.45, 7) is 3.96. The van der Waals surface area contributed by atoms with Crippen molar-refractivity contribution < 1.29 is 14.4 Å². The Labute approximate surface area is 175 Å². The molecule has 2 unspecified atom stereocenters. The molecule has 2 atom stereocenters. The maximum absolute atomic E-state index is 13.2. The van der Waals surface area contributed by atoms with Crippen molar-refractivity contribution in [2.75, 3.05) is 17.3 Å². The van der Waals surface area contributed by atoms with Gasteiger partial charge >= 0.3 is 6.03 Å². The van der Waals surface area contributed by atoms with Crippen LogP contribution in [0.4, 0.5) is 16.2 Å². The molecule has 2 aromatic rings. The fraction of sp³-hybridized carbons (Fsp3) is 0.261. The van der Waals surface area contributed by atoms with Crippen LogP contribution in [0.3, 0.4) is 0 Å². The standard InChI is InChI=1S/C23H24N4O3/c1-4-15-7-5-6-8-18(15)24-21(28)17-13-26(3)20-19(17)25-23(30)27(22(20)29)16-11-9-14(2)10-12-16/h5-13,19-20H,4H2,1-3H3,(H,24,28)(H,25,30). The number of rotatable bonds is 4. The Kier molecular flexibility index (Phi) is 5.03. The van der Waals surface area contributed by atoms with Gasteiger partial charge in [0.2, 0.25) is 0 Å². The summed E-state index contributed by atoms with van der Waals surface area (Å²) in [4.78, 5) is 41.8. The lowest BCUT2D eigenvalue weighted by Crippen LogP contribution is -2.65. The van der Waals surface area contributed by atoms with E-state index < -0.39 is 18.1 Å². The highest BCUT2D eigenvalue weighted by Crippen LogP contribution is 2.30. The van der Waals surface area contributed by atoms with Crippen molar-refractivity contribution in [2.45, 2.75) is 32.4 Å². The molecule has 0 saturated carbocycles. The second-order valence-electron chi connectivity index (χ2n) is 7.60. The van der Waals surface area contributed by atoms with Crippen LogP contribution in [0, 0.1) is 6.92 Å². The molecule has 7 heteroatoms. The van der Waals surface area contributed by atoms with Gasteiger partial charge in [-0.2, -0.15) is 0 Å². The van der Waals surface area contributed by atoms with Crippen LogP contribution in [0.25, 0.3) is 0 Å². The Bertz CT molecular complexity index is 1040. The number of fused-ring (bicyclic) bond motifs is 1. The highest BCUT2D eigenvalue weighted by Gasteiger charge is 2.49. The van der Waals surface area contributed by atoms with Crippen molar-refractivity contribution >= 4 is 29.2 Å². The molecule has 0 aliphatic carbocycles. The molecule has 0 bridgehead atoms. The molecule has 1 fully saturated rings. The average Bonchev–Trinajstić information content (AvgIpc) is 3.06. The summed E-state index contributed by atoms with van der Waals surface area (Å²) >= 11 is 0. The zero-order valence-corrected chi connectivity index (χ0v) is 17.2. The van der Waals surface area contributed by atoms with Crippen molar-refractivity contribution in [3.05, 3.63) is 71.4 Å². The smallest absolute Gasteiger partial charge is 0.329 e. The average molecular weight is 404 g/mol. The SMILES string of the molecule is CCc1ccccc1NC(=O)C1=CN(C)C2C(=O)N(c3ccc(C)cc3)C(=O)NC12. The van der Waals surface area contributed by atoms with Crippen LogP contribution in [-0.2, 0) is 16.0 Å². The van der Waals surface area contributed by atoms with Gasteiger partial charge in [-0.05, 0) is 37.1 Å². The number of hydrogen-bond acceptors (Lipinski definition) is 4. The summed E-state index contributed by atoms with van der Waals surface area (Å²) in [5, 5.41) is 5.77. The molecular weight excluding hydrogens is 380 g/mol. The fourth-order valence-electron chi connectivity index (χ4n) is 3.97. The lowest BCUT2D eigenvalue weighted by molar-refractivity contribution is -0.122. The maximum Gasteiger partial charge on any atom is 0.329 e. The van der Waals surface area contributed by atoms with E-state index in [1.54, 1.807) is 30.3 Å². The monoisotopic (exact) mass is 404 g/mol. The number of benzene rings is 2. The number of amides is 4. The van der Waals surface area contributed by atoms with Crippen LogP contribution in [0.1, 0.15) is 18.1 Å². The number of carbonyl (C=O) groups excluding carboxylic acids is 3. The van der Waals surface area contributed by atoms with Crippen molar-refractivity contribution in [3.8, 4) is 0 Å². The van der Waals surface area contributed by atoms with Gasteiger partial charge in [-0.15, -0.1) is 0 Å². The molecule has 2 aliphatic heterocycles. The molecule has 154 valence electrons. The van der Waals surface area contributed by atoms with Crippen LogP contribution in [0.15, 0.2) is 60.3 Å². The van der Waals surface area contributed by atoms with E-state index in [4.69, 9.17) is 0 Å². The largest absolute Gasteiger partial charge is 0.366 e. The molecule has 1 saturated heterocycles. The molecule has 0 radical (unpaired) electrons. The summed E-state index contributed by atoms with van der Waals surface area (Å²) in [7, 11) is 1.74. The molecule has 2 heterocycles. The summed E-state index contributed by atoms with van der Waals surface area (Å²) in [6.07, 6.45) is 2.41. The minimum absolute atomic E-state index is 0.327. The van der Waals surface area contributed by atoms with E-state index in [2.05, 4.69) is 10.6 Å². The van der Waals surface area contributed by atoms with Crippen molar-refractivity contribution in [1.29, 1.82) is 0 Å². The van der Waals surface area contributed by atoms with Crippen LogP contribution in [0.5, 0.6) is 0 Å². The number of para-hydroxylation sites is 1.